The van der Waals surface area contributed by atoms with Crippen LogP contribution in [0.5, 0.6) is 0 Å². The van der Waals surface area contributed by atoms with Crippen LogP contribution in [0.25, 0.3) is 0 Å². The summed E-state index contributed by atoms with van der Waals surface area (Å²) in [7, 11) is 0. The van der Waals surface area contributed by atoms with E-state index in [-0.39, 0.29) is 0 Å². The van der Waals surface area contributed by atoms with Crippen molar-refractivity contribution in [2.45, 2.75) is 11.9 Å². The second kappa shape index (κ2) is 4.88. The highest BCUT2D eigenvalue weighted by Crippen LogP contribution is 2.29. The molecule has 2 heterocycles. The lowest BCUT2D eigenvalue weighted by Crippen LogP contribution is -2.27. The molecule has 1 aliphatic rings. The van der Waals surface area contributed by atoms with Gasteiger partial charge in [0.25, 0.3) is 0 Å². The fourth-order valence-corrected chi connectivity index (χ4v) is 2.26. The third kappa shape index (κ3) is 2.38. The average Bonchev–Trinajstić information content (AvgIpc) is 2.74. The molecule has 5 nitrogen and oxygen atoms in total. The normalized spacial score (nSPS) is 14.6. The molecular weight excluding hydrogens is 246 g/mol. The summed E-state index contributed by atoms with van der Waals surface area (Å²) < 4.78 is 0. The summed E-state index contributed by atoms with van der Waals surface area (Å²) in [6.07, 6.45) is 1.95. The van der Waals surface area contributed by atoms with Gasteiger partial charge in [0, 0.05) is 6.54 Å². The van der Waals surface area contributed by atoms with Crippen molar-refractivity contribution in [1.82, 2.24) is 15.3 Å². The molecule has 1 aliphatic heterocycles. The Balaban J connectivity index is 2.31. The Kier molecular flexibility index (Phi) is 3.50. The summed E-state index contributed by atoms with van der Waals surface area (Å²) in [5, 5.41) is 7.48. The van der Waals surface area contributed by atoms with E-state index in [1.165, 1.54) is 11.8 Å². The molecule has 0 aromatic carbocycles. The Bertz CT molecular complexity index is 434. The topological polar surface area (TPSA) is 62.2 Å². The molecule has 0 bridgehead atoms. The SMILES string of the molecule is CSc1nc(C)nc(Cl)c1NC1=NCCN1. The largest absolute Gasteiger partial charge is 0.354 e. The molecule has 0 fully saturated rings. The lowest BCUT2D eigenvalue weighted by Gasteiger charge is -2.11. The van der Waals surface area contributed by atoms with Crippen molar-refractivity contribution in [1.29, 1.82) is 0 Å². The fourth-order valence-electron chi connectivity index (χ4n) is 1.37. The van der Waals surface area contributed by atoms with Gasteiger partial charge in [-0.1, -0.05) is 11.6 Å². The Morgan fingerprint density at radius 3 is 2.88 bits per heavy atom. The zero-order chi connectivity index (χ0) is 11.5. The summed E-state index contributed by atoms with van der Waals surface area (Å²) >= 11 is 7.61. The van der Waals surface area contributed by atoms with Crippen molar-refractivity contribution in [2.24, 2.45) is 4.99 Å². The number of thioether (sulfide) groups is 1. The Hall–Kier alpha value is -1.01. The number of hydrogen-bond acceptors (Lipinski definition) is 6. The number of guanidine groups is 1. The molecule has 2 N–H and O–H groups in total. The van der Waals surface area contributed by atoms with Gasteiger partial charge in [-0.05, 0) is 13.2 Å². The van der Waals surface area contributed by atoms with E-state index in [4.69, 9.17) is 11.6 Å². The number of nitrogens with one attached hydrogen (secondary N) is 2. The Labute approximate surface area is 103 Å². The van der Waals surface area contributed by atoms with E-state index in [0.29, 0.717) is 16.7 Å². The van der Waals surface area contributed by atoms with E-state index < -0.39 is 0 Å². The monoisotopic (exact) mass is 257 g/mol. The second-order valence-corrected chi connectivity index (χ2v) is 4.38. The molecular formula is C9H12ClN5S. The van der Waals surface area contributed by atoms with Crippen LogP contribution in [0.3, 0.4) is 0 Å². The van der Waals surface area contributed by atoms with Crippen LogP contribution in [0, 0.1) is 6.92 Å². The van der Waals surface area contributed by atoms with Crippen molar-refractivity contribution in [2.75, 3.05) is 24.7 Å². The molecule has 0 atom stereocenters. The van der Waals surface area contributed by atoms with Crippen LogP contribution in [0.2, 0.25) is 5.15 Å². The second-order valence-electron chi connectivity index (χ2n) is 3.23. The summed E-state index contributed by atoms with van der Waals surface area (Å²) in [5.41, 5.74) is 0.716. The first-order valence-electron chi connectivity index (χ1n) is 4.84. The molecule has 2 rings (SSSR count). The Morgan fingerprint density at radius 1 is 1.44 bits per heavy atom. The number of aryl methyl sites for hydroxylation is 1. The standard InChI is InChI=1S/C9H12ClN5S/c1-5-13-7(10)6(8(14-5)16-2)15-9-11-3-4-12-9/h3-4H2,1-2H3,(H2,11,12,15). The quantitative estimate of drug-likeness (QED) is 0.622. The van der Waals surface area contributed by atoms with Crippen molar-refractivity contribution >= 4 is 35.0 Å². The van der Waals surface area contributed by atoms with Gasteiger partial charge in [0.1, 0.15) is 16.5 Å². The van der Waals surface area contributed by atoms with Crippen LogP contribution in [0.4, 0.5) is 5.69 Å². The maximum absolute atomic E-state index is 6.08. The third-order valence-corrected chi connectivity index (χ3v) is 3.01. The van der Waals surface area contributed by atoms with Crippen LogP contribution >= 0.6 is 23.4 Å². The number of nitrogens with zero attached hydrogens (tertiary/aromatic N) is 3. The van der Waals surface area contributed by atoms with Gasteiger partial charge in [0.2, 0.25) is 0 Å². The number of anilines is 1. The van der Waals surface area contributed by atoms with E-state index in [0.717, 1.165) is 24.1 Å². The summed E-state index contributed by atoms with van der Waals surface area (Å²) in [4.78, 5) is 12.7. The van der Waals surface area contributed by atoms with Crippen LogP contribution in [0.1, 0.15) is 5.82 Å². The van der Waals surface area contributed by atoms with E-state index in [2.05, 4.69) is 25.6 Å². The number of rotatable bonds is 2. The highest BCUT2D eigenvalue weighted by atomic mass is 35.5. The van der Waals surface area contributed by atoms with Gasteiger partial charge >= 0.3 is 0 Å². The summed E-state index contributed by atoms with van der Waals surface area (Å²) in [5.74, 6) is 1.39. The van der Waals surface area contributed by atoms with E-state index in [9.17, 15) is 0 Å². The molecule has 0 amide bonds. The van der Waals surface area contributed by atoms with Crippen LogP contribution in [0.15, 0.2) is 10.0 Å². The van der Waals surface area contributed by atoms with Crippen LogP contribution in [-0.2, 0) is 0 Å². The van der Waals surface area contributed by atoms with Crippen molar-refractivity contribution in [3.63, 3.8) is 0 Å². The van der Waals surface area contributed by atoms with Crippen molar-refractivity contribution in [3.05, 3.63) is 11.0 Å². The van der Waals surface area contributed by atoms with Crippen molar-refractivity contribution in [3.8, 4) is 0 Å². The lowest BCUT2D eigenvalue weighted by atomic mass is 10.5. The van der Waals surface area contributed by atoms with Gasteiger partial charge in [0.15, 0.2) is 11.1 Å². The molecule has 16 heavy (non-hydrogen) atoms. The predicted molar refractivity (Wildman–Crippen MR) is 67.5 cm³/mol. The minimum absolute atomic E-state index is 0.424. The smallest absolute Gasteiger partial charge is 0.196 e. The van der Waals surface area contributed by atoms with E-state index in [1.54, 1.807) is 0 Å². The first kappa shape index (κ1) is 11.5. The van der Waals surface area contributed by atoms with Gasteiger partial charge in [-0.15, -0.1) is 11.8 Å². The van der Waals surface area contributed by atoms with Gasteiger partial charge in [-0.25, -0.2) is 9.97 Å². The third-order valence-electron chi connectivity index (χ3n) is 2.05. The molecule has 1 aromatic rings. The molecule has 0 spiro atoms. The zero-order valence-electron chi connectivity index (χ0n) is 9.04. The molecule has 0 unspecified atom stereocenters. The predicted octanol–water partition coefficient (Wildman–Crippen LogP) is 1.53. The molecule has 0 saturated carbocycles. The average molecular weight is 258 g/mol. The van der Waals surface area contributed by atoms with E-state index in [1.807, 2.05) is 13.2 Å². The number of aromatic nitrogens is 2. The fraction of sp³-hybridized carbons (Fsp3) is 0.444. The molecule has 0 radical (unpaired) electrons. The van der Waals surface area contributed by atoms with Crippen LogP contribution in [-0.4, -0.2) is 35.3 Å². The van der Waals surface area contributed by atoms with Gasteiger partial charge in [-0.2, -0.15) is 0 Å². The number of aliphatic imine (C=N–C) groups is 1. The first-order valence-corrected chi connectivity index (χ1v) is 6.44. The molecule has 0 saturated heterocycles. The highest BCUT2D eigenvalue weighted by molar-refractivity contribution is 7.98. The number of hydrogen-bond donors (Lipinski definition) is 2. The summed E-state index contributed by atoms with van der Waals surface area (Å²) in [6.45, 7) is 3.45. The highest BCUT2D eigenvalue weighted by Gasteiger charge is 2.14. The van der Waals surface area contributed by atoms with E-state index >= 15 is 0 Å². The maximum Gasteiger partial charge on any atom is 0.196 e. The van der Waals surface area contributed by atoms with Crippen LogP contribution < -0.4 is 10.6 Å². The minimum Gasteiger partial charge on any atom is -0.354 e. The molecule has 0 aliphatic carbocycles. The summed E-state index contributed by atoms with van der Waals surface area (Å²) in [6, 6.07) is 0. The number of halogens is 1. The first-order chi connectivity index (χ1) is 7.70. The zero-order valence-corrected chi connectivity index (χ0v) is 10.6. The molecule has 1 aromatic heterocycles. The maximum atomic E-state index is 6.08. The molecule has 86 valence electrons. The van der Waals surface area contributed by atoms with Crippen molar-refractivity contribution < 1.29 is 0 Å². The minimum atomic E-state index is 0.424. The van der Waals surface area contributed by atoms with Gasteiger partial charge < -0.3 is 10.6 Å². The Morgan fingerprint density at radius 2 is 2.25 bits per heavy atom. The molecule has 7 heteroatoms. The lowest BCUT2D eigenvalue weighted by molar-refractivity contribution is 0.954. The van der Waals surface area contributed by atoms with Gasteiger partial charge in [0.05, 0.1) is 6.54 Å². The van der Waals surface area contributed by atoms with Gasteiger partial charge in [-0.3, -0.25) is 4.99 Å².